The van der Waals surface area contributed by atoms with Crippen LogP contribution in [0.5, 0.6) is 17.2 Å². The van der Waals surface area contributed by atoms with Crippen LogP contribution in [-0.4, -0.2) is 62.4 Å². The molecule has 3 aromatic carbocycles. The molecular weight excluding hydrogens is 788 g/mol. The minimum Gasteiger partial charge on any atom is -0.508 e. The van der Waals surface area contributed by atoms with Gasteiger partial charge in [0, 0.05) is 29.2 Å². The smallest absolute Gasteiger partial charge is 0.417 e. The van der Waals surface area contributed by atoms with Crippen molar-refractivity contribution in [2.24, 2.45) is 23.7 Å². The number of benzene rings is 3. The molecule has 4 aliphatic rings. The van der Waals surface area contributed by atoms with Gasteiger partial charge in [-0.2, -0.15) is 18.2 Å². The number of methoxy groups -OCH3 is 1. The van der Waals surface area contributed by atoms with E-state index in [2.05, 4.69) is 10.4 Å². The van der Waals surface area contributed by atoms with Crippen LogP contribution in [0.3, 0.4) is 0 Å². The minimum absolute atomic E-state index is 0.0751. The van der Waals surface area contributed by atoms with Gasteiger partial charge in [0.2, 0.25) is 11.8 Å². The summed E-state index contributed by atoms with van der Waals surface area (Å²) < 4.78 is 46.0. The lowest BCUT2D eigenvalue weighted by molar-refractivity contribution is -0.141. The fourth-order valence-electron chi connectivity index (χ4n) is 9.25. The quantitative estimate of drug-likeness (QED) is 0.126. The Bertz CT molecular complexity index is 2360. The average molecular weight is 822 g/mol. The zero-order valence-corrected chi connectivity index (χ0v) is 31.5. The van der Waals surface area contributed by atoms with Gasteiger partial charge in [-0.15, -0.1) is 0 Å². The third kappa shape index (κ3) is 6.08. The van der Waals surface area contributed by atoms with Crippen LogP contribution < -0.4 is 10.2 Å². The number of likely N-dealkylation sites (tertiary alicyclic amines) is 1. The standard InChI is InChI=1S/C41H33Cl2F3N4O7/c1-57-31-4-2-3-27(34(31)52)33-25-13-14-26-32(38(55)49(36(26)53)16-15-20-5-11-24(51)12-6-20)28(25)18-29-37(54)50(39(56)40(29,33)21-7-9-23(42)10-8-21)48-35-30(43)17-22(19-47-35)41(44,45)46/h2-13,17,19,26,28-29,32-33,51-52H,14-16,18H2,1H3,(H,47,48). The molecule has 2 aliphatic heterocycles. The highest BCUT2D eigenvalue weighted by Gasteiger charge is 2.70. The van der Waals surface area contributed by atoms with Crippen LogP contribution in [0.25, 0.3) is 0 Å². The molecule has 294 valence electrons. The zero-order valence-electron chi connectivity index (χ0n) is 30.0. The van der Waals surface area contributed by atoms with E-state index >= 15 is 4.79 Å². The van der Waals surface area contributed by atoms with E-state index in [1.807, 2.05) is 6.08 Å². The van der Waals surface area contributed by atoms with Crippen LogP contribution in [0.15, 0.2) is 90.6 Å². The number of nitrogens with one attached hydrogen (secondary N) is 1. The molecule has 57 heavy (non-hydrogen) atoms. The molecule has 2 aliphatic carbocycles. The van der Waals surface area contributed by atoms with E-state index in [-0.39, 0.29) is 48.1 Å². The number of hydrogen-bond acceptors (Lipinski definition) is 9. The van der Waals surface area contributed by atoms with Gasteiger partial charge in [0.25, 0.3) is 11.8 Å². The highest BCUT2D eigenvalue weighted by Crippen LogP contribution is 2.65. The molecule has 16 heteroatoms. The summed E-state index contributed by atoms with van der Waals surface area (Å²) in [5.74, 6) is -7.78. The van der Waals surface area contributed by atoms with E-state index in [9.17, 15) is 37.8 Å². The molecule has 3 fully saturated rings. The third-order valence-corrected chi connectivity index (χ3v) is 12.3. The monoisotopic (exact) mass is 820 g/mol. The molecular formula is C41H33Cl2F3N4O7. The molecule has 0 radical (unpaired) electrons. The number of nitrogens with zero attached hydrogens (tertiary/aromatic N) is 3. The number of alkyl halides is 3. The van der Waals surface area contributed by atoms with Crippen LogP contribution in [0.4, 0.5) is 19.0 Å². The van der Waals surface area contributed by atoms with Crippen molar-refractivity contribution >= 4 is 52.6 Å². The summed E-state index contributed by atoms with van der Waals surface area (Å²) in [5.41, 5.74) is 1.51. The Morgan fingerprint density at radius 3 is 2.33 bits per heavy atom. The molecule has 2 saturated heterocycles. The van der Waals surface area contributed by atoms with Crippen molar-refractivity contribution < 1.29 is 47.3 Å². The number of fused-ring (bicyclic) bond motifs is 4. The van der Waals surface area contributed by atoms with Crippen LogP contribution >= 0.6 is 23.2 Å². The summed E-state index contributed by atoms with van der Waals surface area (Å²) in [6.07, 6.45) is -2.05. The topological polar surface area (TPSA) is 149 Å². The first kappa shape index (κ1) is 38.3. The molecule has 1 aromatic heterocycles. The van der Waals surface area contributed by atoms with E-state index in [4.69, 9.17) is 27.9 Å². The maximum absolute atomic E-state index is 15.3. The Labute approximate surface area is 333 Å². The number of aromatic hydroxyl groups is 2. The summed E-state index contributed by atoms with van der Waals surface area (Å²) in [4.78, 5) is 63.6. The van der Waals surface area contributed by atoms with Gasteiger partial charge in [0.1, 0.15) is 5.75 Å². The summed E-state index contributed by atoms with van der Waals surface area (Å²) in [7, 11) is 1.36. The Balaban J connectivity index is 1.27. The molecule has 1 saturated carbocycles. The summed E-state index contributed by atoms with van der Waals surface area (Å²) in [6, 6.07) is 18.1. The number of phenols is 2. The predicted octanol–water partition coefficient (Wildman–Crippen LogP) is 7.05. The summed E-state index contributed by atoms with van der Waals surface area (Å²) >= 11 is 12.6. The van der Waals surface area contributed by atoms with Gasteiger partial charge >= 0.3 is 6.18 Å². The lowest BCUT2D eigenvalue weighted by atomic mass is 9.49. The Hall–Kier alpha value is -5.60. The number of rotatable bonds is 8. The maximum atomic E-state index is 15.3. The largest absolute Gasteiger partial charge is 0.508 e. The normalized spacial score (nSPS) is 25.6. The Morgan fingerprint density at radius 1 is 0.947 bits per heavy atom. The Kier molecular flexibility index (Phi) is 9.47. The first-order chi connectivity index (χ1) is 27.2. The van der Waals surface area contributed by atoms with Gasteiger partial charge in [0.15, 0.2) is 17.3 Å². The van der Waals surface area contributed by atoms with Crippen LogP contribution in [-0.2, 0) is 37.2 Å². The SMILES string of the molecule is COc1cccc(C2C3=CCC4C(=O)N(CCc5ccc(O)cc5)C(=O)C4C3CC3C(=O)N(Nc4ncc(C(F)(F)F)cc4Cl)C(=O)C32c2ccc(Cl)cc2)c1O. The number of imide groups is 2. The number of phenolic OH excluding ortho intramolecular Hbond substituents is 2. The fourth-order valence-corrected chi connectivity index (χ4v) is 9.59. The second kappa shape index (κ2) is 14.1. The number of halogens is 5. The number of hydrazine groups is 1. The van der Waals surface area contributed by atoms with Crippen LogP contribution in [0, 0.1) is 23.7 Å². The number of carbonyl (C=O) groups excluding carboxylic acids is 4. The molecule has 11 nitrogen and oxygen atoms in total. The van der Waals surface area contributed by atoms with E-state index in [0.717, 1.165) is 5.56 Å². The Morgan fingerprint density at radius 2 is 1.67 bits per heavy atom. The third-order valence-electron chi connectivity index (χ3n) is 11.8. The van der Waals surface area contributed by atoms with Gasteiger partial charge in [-0.25, -0.2) is 4.98 Å². The van der Waals surface area contributed by atoms with E-state index in [1.165, 1.54) is 30.2 Å². The molecule has 4 amide bonds. The van der Waals surface area contributed by atoms with Gasteiger partial charge < -0.3 is 14.9 Å². The lowest BCUT2D eigenvalue weighted by Gasteiger charge is -2.50. The molecule has 0 bridgehead atoms. The molecule has 3 N–H and O–H groups in total. The number of aromatic nitrogens is 1. The van der Waals surface area contributed by atoms with Crippen LogP contribution in [0.1, 0.15) is 41.0 Å². The van der Waals surface area contributed by atoms with Gasteiger partial charge in [-0.3, -0.25) is 29.5 Å². The van der Waals surface area contributed by atoms with Crippen molar-refractivity contribution in [3.63, 3.8) is 0 Å². The highest BCUT2D eigenvalue weighted by atomic mass is 35.5. The molecule has 0 spiro atoms. The minimum atomic E-state index is -4.77. The molecule has 6 atom stereocenters. The molecule has 6 unspecified atom stereocenters. The van der Waals surface area contributed by atoms with Crippen molar-refractivity contribution in [2.45, 2.75) is 36.8 Å². The van der Waals surface area contributed by atoms with Crippen molar-refractivity contribution in [3.05, 3.63) is 123 Å². The van der Waals surface area contributed by atoms with Crippen molar-refractivity contribution in [1.82, 2.24) is 14.9 Å². The number of amides is 4. The number of pyridine rings is 1. The first-order valence-electron chi connectivity index (χ1n) is 18.0. The number of para-hydroxylation sites is 1. The molecule has 4 aromatic rings. The van der Waals surface area contributed by atoms with Crippen molar-refractivity contribution in [1.29, 1.82) is 0 Å². The highest BCUT2D eigenvalue weighted by molar-refractivity contribution is 6.33. The number of allylic oxidation sites excluding steroid dienone is 2. The second-order valence-electron chi connectivity index (χ2n) is 14.6. The van der Waals surface area contributed by atoms with Gasteiger partial charge in [-0.1, -0.05) is 71.2 Å². The van der Waals surface area contributed by atoms with Crippen LogP contribution in [0.2, 0.25) is 10.0 Å². The number of anilines is 1. The number of ether oxygens (including phenoxy) is 1. The number of hydrogen-bond donors (Lipinski definition) is 3. The van der Waals surface area contributed by atoms with E-state index in [1.54, 1.807) is 48.5 Å². The number of carbonyl (C=O) groups is 4. The second-order valence-corrected chi connectivity index (χ2v) is 15.4. The fraction of sp³-hybridized carbons (Fsp3) is 0.293. The summed E-state index contributed by atoms with van der Waals surface area (Å²) in [5, 5.41) is 22.0. The van der Waals surface area contributed by atoms with E-state index < -0.39 is 75.3 Å². The van der Waals surface area contributed by atoms with Gasteiger partial charge in [0.05, 0.1) is 40.9 Å². The van der Waals surface area contributed by atoms with Crippen molar-refractivity contribution in [3.8, 4) is 17.2 Å². The summed E-state index contributed by atoms with van der Waals surface area (Å²) in [6.45, 7) is 0.0751. The average Bonchev–Trinajstić information content (AvgIpc) is 3.55. The van der Waals surface area contributed by atoms with Gasteiger partial charge in [-0.05, 0) is 72.7 Å². The molecule has 8 rings (SSSR count). The zero-order chi connectivity index (χ0) is 40.6. The first-order valence-corrected chi connectivity index (χ1v) is 18.7. The molecule has 3 heterocycles. The maximum Gasteiger partial charge on any atom is 0.417 e. The van der Waals surface area contributed by atoms with Crippen molar-refractivity contribution in [2.75, 3.05) is 19.1 Å². The predicted molar refractivity (Wildman–Crippen MR) is 200 cm³/mol. The van der Waals surface area contributed by atoms with E-state index in [0.29, 0.717) is 39.9 Å². The lowest BCUT2D eigenvalue weighted by Crippen LogP contribution is -2.53.